The number of hydrogen-bond donors (Lipinski definition) is 1. The van der Waals surface area contributed by atoms with Gasteiger partial charge in [0.25, 0.3) is 0 Å². The Morgan fingerprint density at radius 2 is 1.48 bits per heavy atom. The summed E-state index contributed by atoms with van der Waals surface area (Å²) in [7, 11) is 0. The van der Waals surface area contributed by atoms with Crippen molar-refractivity contribution in [2.24, 2.45) is 0 Å². The average molecular weight is 280 g/mol. The van der Waals surface area contributed by atoms with Gasteiger partial charge in [-0.25, -0.2) is 0 Å². The molecule has 1 fully saturated rings. The fourth-order valence-corrected chi connectivity index (χ4v) is 3.14. The zero-order valence-corrected chi connectivity index (χ0v) is 12.5. The molecule has 0 amide bonds. The lowest BCUT2D eigenvalue weighted by atomic mass is 10.1. The fraction of sp³-hybridized carbons (Fsp3) is 0.368. The molecule has 3 rings (SSSR count). The summed E-state index contributed by atoms with van der Waals surface area (Å²) in [5.41, 5.74) is 2.78. The Balaban J connectivity index is 1.62. The monoisotopic (exact) mass is 280 g/mol. The molecule has 1 N–H and O–H groups in total. The van der Waals surface area contributed by atoms with Crippen LogP contribution in [0.2, 0.25) is 0 Å². The Hall–Kier alpha value is -1.64. The van der Waals surface area contributed by atoms with Gasteiger partial charge in [-0.1, -0.05) is 60.7 Å². The van der Waals surface area contributed by atoms with E-state index in [0.29, 0.717) is 6.04 Å². The van der Waals surface area contributed by atoms with Crippen LogP contribution in [-0.2, 0) is 6.54 Å². The predicted molar refractivity (Wildman–Crippen MR) is 88.1 cm³/mol. The first kappa shape index (κ1) is 14.3. The number of rotatable bonds is 6. The Kier molecular flexibility index (Phi) is 5.03. The molecule has 0 aliphatic carbocycles. The minimum atomic E-state index is 0.498. The molecule has 21 heavy (non-hydrogen) atoms. The minimum absolute atomic E-state index is 0.498. The van der Waals surface area contributed by atoms with E-state index in [2.05, 4.69) is 70.9 Å². The van der Waals surface area contributed by atoms with E-state index in [1.54, 1.807) is 0 Å². The van der Waals surface area contributed by atoms with Gasteiger partial charge >= 0.3 is 0 Å². The summed E-state index contributed by atoms with van der Waals surface area (Å²) in [5, 5.41) is 3.64. The molecule has 1 saturated heterocycles. The van der Waals surface area contributed by atoms with E-state index in [1.807, 2.05) is 0 Å². The zero-order chi connectivity index (χ0) is 14.3. The molecule has 2 aromatic rings. The smallest absolute Gasteiger partial charge is 0.0472 e. The number of hydrogen-bond acceptors (Lipinski definition) is 2. The molecule has 0 spiro atoms. The standard InChI is InChI=1S/C19H24N2/c1-3-9-17(10-4-1)15-20-16-19(21-13-7-8-14-21)18-11-5-2-6-12-18/h1-6,9-12,19-20H,7-8,13-16H2/t19-/m0/s1. The molecular weight excluding hydrogens is 256 g/mol. The first-order chi connectivity index (χ1) is 10.4. The molecular formula is C19H24N2. The maximum absolute atomic E-state index is 3.64. The fourth-order valence-electron chi connectivity index (χ4n) is 3.14. The third-order valence-corrected chi connectivity index (χ3v) is 4.28. The molecule has 0 aromatic heterocycles. The average Bonchev–Trinajstić information content (AvgIpc) is 3.07. The second kappa shape index (κ2) is 7.39. The molecule has 0 saturated carbocycles. The maximum atomic E-state index is 3.64. The van der Waals surface area contributed by atoms with Gasteiger partial charge < -0.3 is 5.32 Å². The summed E-state index contributed by atoms with van der Waals surface area (Å²) >= 11 is 0. The van der Waals surface area contributed by atoms with Crippen LogP contribution in [-0.4, -0.2) is 24.5 Å². The predicted octanol–water partition coefficient (Wildman–Crippen LogP) is 3.61. The van der Waals surface area contributed by atoms with E-state index in [0.717, 1.165) is 13.1 Å². The lowest BCUT2D eigenvalue weighted by Gasteiger charge is -2.28. The van der Waals surface area contributed by atoms with Crippen molar-refractivity contribution in [1.29, 1.82) is 0 Å². The topological polar surface area (TPSA) is 15.3 Å². The summed E-state index contributed by atoms with van der Waals surface area (Å²) in [4.78, 5) is 2.62. The van der Waals surface area contributed by atoms with Gasteiger partial charge in [-0.15, -0.1) is 0 Å². The van der Waals surface area contributed by atoms with Crippen LogP contribution in [0.4, 0.5) is 0 Å². The number of likely N-dealkylation sites (tertiary alicyclic amines) is 1. The van der Waals surface area contributed by atoms with Crippen molar-refractivity contribution in [3.63, 3.8) is 0 Å². The van der Waals surface area contributed by atoms with Crippen molar-refractivity contribution < 1.29 is 0 Å². The van der Waals surface area contributed by atoms with Gasteiger partial charge in [-0.2, -0.15) is 0 Å². The number of nitrogens with one attached hydrogen (secondary N) is 1. The molecule has 110 valence electrons. The van der Waals surface area contributed by atoms with Crippen LogP contribution in [0.15, 0.2) is 60.7 Å². The van der Waals surface area contributed by atoms with Crippen LogP contribution in [0.1, 0.15) is 30.0 Å². The molecule has 1 aliphatic rings. The van der Waals surface area contributed by atoms with E-state index in [9.17, 15) is 0 Å². The molecule has 1 aliphatic heterocycles. The molecule has 1 heterocycles. The summed E-state index contributed by atoms with van der Waals surface area (Å²) in [6.07, 6.45) is 2.67. The lowest BCUT2D eigenvalue weighted by molar-refractivity contribution is 0.238. The summed E-state index contributed by atoms with van der Waals surface area (Å²) in [6, 6.07) is 22.0. The highest BCUT2D eigenvalue weighted by Gasteiger charge is 2.22. The Labute approximate surface area is 127 Å². The highest BCUT2D eigenvalue weighted by atomic mass is 15.2. The van der Waals surface area contributed by atoms with Crippen molar-refractivity contribution in [3.8, 4) is 0 Å². The van der Waals surface area contributed by atoms with E-state index >= 15 is 0 Å². The van der Waals surface area contributed by atoms with Crippen LogP contribution in [0, 0.1) is 0 Å². The van der Waals surface area contributed by atoms with Gasteiger partial charge in [0.1, 0.15) is 0 Å². The van der Waals surface area contributed by atoms with Crippen molar-refractivity contribution in [2.75, 3.05) is 19.6 Å². The van der Waals surface area contributed by atoms with Crippen molar-refractivity contribution in [3.05, 3.63) is 71.8 Å². The second-order valence-corrected chi connectivity index (χ2v) is 5.79. The first-order valence-electron chi connectivity index (χ1n) is 7.97. The van der Waals surface area contributed by atoms with Gasteiger partial charge in [0.05, 0.1) is 0 Å². The normalized spacial score (nSPS) is 17.0. The molecule has 2 aromatic carbocycles. The molecule has 0 unspecified atom stereocenters. The Morgan fingerprint density at radius 3 is 2.14 bits per heavy atom. The third kappa shape index (κ3) is 3.93. The van der Waals surface area contributed by atoms with Crippen LogP contribution >= 0.6 is 0 Å². The lowest BCUT2D eigenvalue weighted by Crippen LogP contribution is -2.34. The number of benzene rings is 2. The Morgan fingerprint density at radius 1 is 0.857 bits per heavy atom. The summed E-state index contributed by atoms with van der Waals surface area (Å²) in [6.45, 7) is 4.41. The summed E-state index contributed by atoms with van der Waals surface area (Å²) in [5.74, 6) is 0. The van der Waals surface area contributed by atoms with Gasteiger partial charge in [0.15, 0.2) is 0 Å². The first-order valence-corrected chi connectivity index (χ1v) is 7.97. The van der Waals surface area contributed by atoms with Gasteiger partial charge in [-0.3, -0.25) is 4.90 Å². The quantitative estimate of drug-likeness (QED) is 0.869. The molecule has 1 atom stereocenters. The maximum Gasteiger partial charge on any atom is 0.0472 e. The van der Waals surface area contributed by atoms with Crippen molar-refractivity contribution in [2.45, 2.75) is 25.4 Å². The summed E-state index contributed by atoms with van der Waals surface area (Å²) < 4.78 is 0. The van der Waals surface area contributed by atoms with Crippen LogP contribution in [0.5, 0.6) is 0 Å². The second-order valence-electron chi connectivity index (χ2n) is 5.79. The molecule has 0 bridgehead atoms. The third-order valence-electron chi connectivity index (χ3n) is 4.28. The largest absolute Gasteiger partial charge is 0.311 e. The Bertz CT molecular complexity index is 518. The minimum Gasteiger partial charge on any atom is -0.311 e. The SMILES string of the molecule is c1ccc(CNC[C@@H](c2ccccc2)N2CCCC2)cc1. The van der Waals surface area contributed by atoms with E-state index < -0.39 is 0 Å². The van der Waals surface area contributed by atoms with Gasteiger partial charge in [0.2, 0.25) is 0 Å². The van der Waals surface area contributed by atoms with Crippen LogP contribution in [0.3, 0.4) is 0 Å². The highest BCUT2D eigenvalue weighted by molar-refractivity contribution is 5.20. The highest BCUT2D eigenvalue weighted by Crippen LogP contribution is 2.24. The zero-order valence-electron chi connectivity index (χ0n) is 12.5. The van der Waals surface area contributed by atoms with Gasteiger partial charge in [-0.05, 0) is 37.1 Å². The molecule has 2 heteroatoms. The van der Waals surface area contributed by atoms with Crippen LogP contribution < -0.4 is 5.32 Å². The van der Waals surface area contributed by atoms with E-state index in [-0.39, 0.29) is 0 Å². The van der Waals surface area contributed by atoms with E-state index in [1.165, 1.54) is 37.1 Å². The molecule has 0 radical (unpaired) electrons. The van der Waals surface area contributed by atoms with Crippen LogP contribution in [0.25, 0.3) is 0 Å². The number of nitrogens with zero attached hydrogens (tertiary/aromatic N) is 1. The van der Waals surface area contributed by atoms with Gasteiger partial charge in [0, 0.05) is 19.1 Å². The molecule has 2 nitrogen and oxygen atoms in total. The van der Waals surface area contributed by atoms with Crippen molar-refractivity contribution in [1.82, 2.24) is 10.2 Å². The van der Waals surface area contributed by atoms with E-state index in [4.69, 9.17) is 0 Å². The van der Waals surface area contributed by atoms with Crippen molar-refractivity contribution >= 4 is 0 Å².